The topological polar surface area (TPSA) is 77.7 Å². The summed E-state index contributed by atoms with van der Waals surface area (Å²) in [5.41, 5.74) is 1.46. The number of carbonyl (C=O) groups is 1. The van der Waals surface area contributed by atoms with Gasteiger partial charge in [-0.1, -0.05) is 11.2 Å². The van der Waals surface area contributed by atoms with Crippen LogP contribution in [-0.4, -0.2) is 34.2 Å². The van der Waals surface area contributed by atoms with Gasteiger partial charge >= 0.3 is 0 Å². The van der Waals surface area contributed by atoms with Gasteiger partial charge in [0.05, 0.1) is 13.2 Å². The number of carbonyl (C=O) groups excluding carboxylic acids is 1. The van der Waals surface area contributed by atoms with E-state index in [-0.39, 0.29) is 30.3 Å². The summed E-state index contributed by atoms with van der Waals surface area (Å²) >= 11 is 0. The van der Waals surface area contributed by atoms with Crippen molar-refractivity contribution in [2.24, 2.45) is 0 Å². The van der Waals surface area contributed by atoms with E-state index in [0.717, 1.165) is 11.3 Å². The van der Waals surface area contributed by atoms with Gasteiger partial charge in [-0.2, -0.15) is 4.98 Å². The standard InChI is InChI=1S/C23H24FN3O4/c1-14(2)30-17-7-5-16(6-8-17)22-25-23(31-26-22)19-9-11-21(28)27(19)13-15-4-10-20(29-3)18(24)12-15/h4-8,10,12,14,19H,9,11,13H2,1-3H3. The van der Waals surface area contributed by atoms with Crippen LogP contribution in [0.15, 0.2) is 47.0 Å². The van der Waals surface area contributed by atoms with E-state index in [1.54, 1.807) is 17.0 Å². The zero-order valence-electron chi connectivity index (χ0n) is 17.7. The minimum absolute atomic E-state index is 0.0313. The van der Waals surface area contributed by atoms with E-state index < -0.39 is 5.82 Å². The Kier molecular flexibility index (Phi) is 5.88. The Hall–Kier alpha value is -3.42. The Morgan fingerprint density at radius 3 is 2.68 bits per heavy atom. The van der Waals surface area contributed by atoms with Gasteiger partial charge in [-0.05, 0) is 62.2 Å². The van der Waals surface area contributed by atoms with Crippen molar-refractivity contribution in [1.29, 1.82) is 0 Å². The molecule has 0 spiro atoms. The molecule has 2 heterocycles. The Labute approximate surface area is 179 Å². The molecule has 1 saturated heterocycles. The largest absolute Gasteiger partial charge is 0.494 e. The van der Waals surface area contributed by atoms with Crippen molar-refractivity contribution < 1.29 is 23.2 Å². The van der Waals surface area contributed by atoms with Crippen molar-refractivity contribution in [3.8, 4) is 22.9 Å². The minimum Gasteiger partial charge on any atom is -0.494 e. The number of rotatable bonds is 7. The quantitative estimate of drug-likeness (QED) is 0.553. The molecule has 1 unspecified atom stereocenters. The molecule has 4 rings (SSSR count). The van der Waals surface area contributed by atoms with Crippen molar-refractivity contribution in [1.82, 2.24) is 15.0 Å². The molecule has 3 aromatic rings. The van der Waals surface area contributed by atoms with Crippen LogP contribution in [0.2, 0.25) is 0 Å². The average Bonchev–Trinajstić information content (AvgIpc) is 3.36. The van der Waals surface area contributed by atoms with Crippen LogP contribution in [0.1, 0.15) is 44.2 Å². The van der Waals surface area contributed by atoms with E-state index in [0.29, 0.717) is 30.1 Å². The summed E-state index contributed by atoms with van der Waals surface area (Å²) < 4.78 is 30.2. The van der Waals surface area contributed by atoms with Crippen LogP contribution in [-0.2, 0) is 11.3 Å². The Morgan fingerprint density at radius 2 is 2.00 bits per heavy atom. The van der Waals surface area contributed by atoms with Crippen LogP contribution in [0.3, 0.4) is 0 Å². The molecule has 1 aliphatic rings. The maximum Gasteiger partial charge on any atom is 0.249 e. The van der Waals surface area contributed by atoms with Crippen LogP contribution < -0.4 is 9.47 Å². The predicted octanol–water partition coefficient (Wildman–Crippen LogP) is 4.54. The van der Waals surface area contributed by atoms with Gasteiger partial charge < -0.3 is 18.9 Å². The minimum atomic E-state index is -0.465. The zero-order chi connectivity index (χ0) is 22.0. The third-order valence-electron chi connectivity index (χ3n) is 5.11. The molecule has 8 heteroatoms. The summed E-state index contributed by atoms with van der Waals surface area (Å²) in [6.07, 6.45) is 1.04. The highest BCUT2D eigenvalue weighted by atomic mass is 19.1. The number of hydrogen-bond donors (Lipinski definition) is 0. The fraction of sp³-hybridized carbons (Fsp3) is 0.348. The number of ether oxygens (including phenoxy) is 2. The molecule has 1 aliphatic heterocycles. The van der Waals surface area contributed by atoms with Gasteiger partial charge in [0.2, 0.25) is 17.6 Å². The first-order chi connectivity index (χ1) is 14.9. The van der Waals surface area contributed by atoms with Crippen molar-refractivity contribution >= 4 is 5.91 Å². The average molecular weight is 425 g/mol. The molecule has 1 fully saturated rings. The van der Waals surface area contributed by atoms with E-state index in [9.17, 15) is 9.18 Å². The molecule has 1 atom stereocenters. The molecule has 0 bridgehead atoms. The summed E-state index contributed by atoms with van der Waals surface area (Å²) in [4.78, 5) is 18.6. The lowest BCUT2D eigenvalue weighted by atomic mass is 10.1. The monoisotopic (exact) mass is 425 g/mol. The molecule has 2 aromatic carbocycles. The highest BCUT2D eigenvalue weighted by Gasteiger charge is 2.36. The first-order valence-corrected chi connectivity index (χ1v) is 10.2. The first kappa shape index (κ1) is 20.8. The summed E-state index contributed by atoms with van der Waals surface area (Å²) in [5.74, 6) is 1.25. The van der Waals surface area contributed by atoms with Crippen LogP contribution in [0.25, 0.3) is 11.4 Å². The fourth-order valence-corrected chi connectivity index (χ4v) is 3.64. The van der Waals surface area contributed by atoms with Gasteiger partial charge in [0.15, 0.2) is 11.6 Å². The fourth-order valence-electron chi connectivity index (χ4n) is 3.64. The molecule has 162 valence electrons. The maximum atomic E-state index is 14.1. The SMILES string of the molecule is COc1ccc(CN2C(=O)CCC2c2nc(-c3ccc(OC(C)C)cc3)no2)cc1F. The van der Waals surface area contributed by atoms with E-state index in [1.807, 2.05) is 38.1 Å². The molecule has 0 saturated carbocycles. The molecule has 1 aromatic heterocycles. The second kappa shape index (κ2) is 8.75. The number of methoxy groups -OCH3 is 1. The van der Waals surface area contributed by atoms with Crippen molar-refractivity contribution in [3.05, 3.63) is 59.7 Å². The lowest BCUT2D eigenvalue weighted by Crippen LogP contribution is -2.27. The van der Waals surface area contributed by atoms with Crippen LogP contribution >= 0.6 is 0 Å². The van der Waals surface area contributed by atoms with Crippen LogP contribution in [0.5, 0.6) is 11.5 Å². The Bertz CT molecular complexity index is 1060. The van der Waals surface area contributed by atoms with Crippen molar-refractivity contribution in [2.45, 2.75) is 45.4 Å². The lowest BCUT2D eigenvalue weighted by Gasteiger charge is -2.22. The van der Waals surface area contributed by atoms with E-state index in [1.165, 1.54) is 13.2 Å². The smallest absolute Gasteiger partial charge is 0.249 e. The number of nitrogens with zero attached hydrogens (tertiary/aromatic N) is 3. The molecular formula is C23H24FN3O4. The van der Waals surface area contributed by atoms with Gasteiger partial charge in [-0.25, -0.2) is 4.39 Å². The zero-order valence-corrected chi connectivity index (χ0v) is 17.7. The van der Waals surface area contributed by atoms with E-state index in [4.69, 9.17) is 14.0 Å². The number of hydrogen-bond acceptors (Lipinski definition) is 6. The van der Waals surface area contributed by atoms with Crippen LogP contribution in [0.4, 0.5) is 4.39 Å². The van der Waals surface area contributed by atoms with E-state index in [2.05, 4.69) is 10.1 Å². The molecule has 7 nitrogen and oxygen atoms in total. The number of amides is 1. The van der Waals surface area contributed by atoms with Crippen molar-refractivity contribution in [2.75, 3.05) is 7.11 Å². The number of aromatic nitrogens is 2. The molecule has 1 amide bonds. The summed E-state index contributed by atoms with van der Waals surface area (Å²) in [7, 11) is 1.41. The Balaban J connectivity index is 1.51. The number of benzene rings is 2. The van der Waals surface area contributed by atoms with Crippen LogP contribution in [0, 0.1) is 5.82 Å². The highest BCUT2D eigenvalue weighted by molar-refractivity contribution is 5.78. The van der Waals surface area contributed by atoms with Gasteiger partial charge in [0.25, 0.3) is 0 Å². The second-order valence-corrected chi connectivity index (χ2v) is 7.69. The highest BCUT2D eigenvalue weighted by Crippen LogP contribution is 2.34. The third kappa shape index (κ3) is 4.52. The summed E-state index contributed by atoms with van der Waals surface area (Å²) in [6, 6.07) is 11.8. The van der Waals surface area contributed by atoms with E-state index >= 15 is 0 Å². The molecular weight excluding hydrogens is 401 g/mol. The molecule has 0 radical (unpaired) electrons. The van der Waals surface area contributed by atoms with Gasteiger partial charge in [-0.3, -0.25) is 4.79 Å². The first-order valence-electron chi connectivity index (χ1n) is 10.2. The normalized spacial score (nSPS) is 16.2. The van der Waals surface area contributed by atoms with Gasteiger partial charge in [0, 0.05) is 18.5 Å². The Morgan fingerprint density at radius 1 is 1.23 bits per heavy atom. The molecule has 0 N–H and O–H groups in total. The van der Waals surface area contributed by atoms with Gasteiger partial charge in [-0.15, -0.1) is 0 Å². The number of halogens is 1. The number of likely N-dealkylation sites (tertiary alicyclic amines) is 1. The lowest BCUT2D eigenvalue weighted by molar-refractivity contribution is -0.130. The molecule has 0 aliphatic carbocycles. The third-order valence-corrected chi connectivity index (χ3v) is 5.11. The molecule has 31 heavy (non-hydrogen) atoms. The predicted molar refractivity (Wildman–Crippen MR) is 111 cm³/mol. The van der Waals surface area contributed by atoms with Gasteiger partial charge in [0.1, 0.15) is 11.8 Å². The maximum absolute atomic E-state index is 14.1. The summed E-state index contributed by atoms with van der Waals surface area (Å²) in [5, 5.41) is 4.08. The second-order valence-electron chi connectivity index (χ2n) is 7.69. The summed E-state index contributed by atoms with van der Waals surface area (Å²) in [6.45, 7) is 4.19. The van der Waals surface area contributed by atoms with Crippen molar-refractivity contribution in [3.63, 3.8) is 0 Å².